The Kier molecular flexibility index (Phi) is 3.31. The Morgan fingerprint density at radius 1 is 1.54 bits per heavy atom. The van der Waals surface area contributed by atoms with Crippen molar-refractivity contribution in [2.24, 2.45) is 11.3 Å². The molecule has 1 aliphatic heterocycles. The first-order valence-electron chi connectivity index (χ1n) is 4.92. The maximum atomic E-state index is 11.1. The molecule has 1 rings (SSSR count). The summed E-state index contributed by atoms with van der Waals surface area (Å²) in [5.41, 5.74) is -0.552. The Bertz CT molecular complexity index is 185. The number of rotatable bonds is 3. The highest BCUT2D eigenvalue weighted by molar-refractivity contribution is 5.74. The van der Waals surface area contributed by atoms with Gasteiger partial charge in [0.15, 0.2) is 0 Å². The fraction of sp³-hybridized carbons (Fsp3) is 0.900. The van der Waals surface area contributed by atoms with Gasteiger partial charge in [-0.15, -0.1) is 0 Å². The predicted octanol–water partition coefficient (Wildman–Crippen LogP) is 1.91. The van der Waals surface area contributed by atoms with Crippen LogP contribution in [0.4, 0.5) is 0 Å². The monoisotopic (exact) mass is 186 g/mol. The molecule has 76 valence electrons. The number of aliphatic carboxylic acids is 1. The fourth-order valence-corrected chi connectivity index (χ4v) is 1.95. The molecule has 13 heavy (non-hydrogen) atoms. The van der Waals surface area contributed by atoms with Crippen molar-refractivity contribution >= 4 is 5.97 Å². The average molecular weight is 186 g/mol. The zero-order chi connectivity index (χ0) is 9.90. The van der Waals surface area contributed by atoms with Gasteiger partial charge in [-0.2, -0.15) is 0 Å². The highest BCUT2D eigenvalue weighted by Gasteiger charge is 2.40. The van der Waals surface area contributed by atoms with Gasteiger partial charge in [0.05, 0.1) is 5.41 Å². The molecule has 1 N–H and O–H groups in total. The maximum Gasteiger partial charge on any atom is 0.309 e. The molecule has 0 radical (unpaired) electrons. The molecule has 1 aliphatic rings. The molecule has 0 saturated carbocycles. The largest absolute Gasteiger partial charge is 0.481 e. The smallest absolute Gasteiger partial charge is 0.309 e. The SMILES string of the molecule is CCC(C)(C(=O)O)C1CCOCC1. The molecule has 0 aromatic carbocycles. The Morgan fingerprint density at radius 2 is 2.08 bits per heavy atom. The molecule has 0 bridgehead atoms. The molecule has 3 nitrogen and oxygen atoms in total. The summed E-state index contributed by atoms with van der Waals surface area (Å²) in [4.78, 5) is 11.1. The summed E-state index contributed by atoms with van der Waals surface area (Å²) >= 11 is 0. The van der Waals surface area contributed by atoms with E-state index < -0.39 is 11.4 Å². The van der Waals surface area contributed by atoms with Crippen molar-refractivity contribution in [2.45, 2.75) is 33.1 Å². The molecule has 1 heterocycles. The van der Waals surface area contributed by atoms with E-state index in [1.165, 1.54) is 0 Å². The number of hydrogen-bond donors (Lipinski definition) is 1. The summed E-state index contributed by atoms with van der Waals surface area (Å²) < 4.78 is 5.23. The Hall–Kier alpha value is -0.570. The van der Waals surface area contributed by atoms with Crippen LogP contribution >= 0.6 is 0 Å². The van der Waals surface area contributed by atoms with Crippen LogP contribution in [0.1, 0.15) is 33.1 Å². The van der Waals surface area contributed by atoms with Crippen LogP contribution < -0.4 is 0 Å². The van der Waals surface area contributed by atoms with E-state index in [1.54, 1.807) is 0 Å². The van der Waals surface area contributed by atoms with Crippen LogP contribution in [0.2, 0.25) is 0 Å². The zero-order valence-corrected chi connectivity index (χ0v) is 8.38. The van der Waals surface area contributed by atoms with Crippen LogP contribution in [0, 0.1) is 11.3 Å². The lowest BCUT2D eigenvalue weighted by Gasteiger charge is -2.35. The van der Waals surface area contributed by atoms with Crippen molar-refractivity contribution < 1.29 is 14.6 Å². The van der Waals surface area contributed by atoms with Crippen LogP contribution in [0.25, 0.3) is 0 Å². The summed E-state index contributed by atoms with van der Waals surface area (Å²) in [5, 5.41) is 9.14. The molecule has 0 spiro atoms. The fourth-order valence-electron chi connectivity index (χ4n) is 1.95. The Labute approximate surface area is 79.1 Å². The molecule has 1 unspecified atom stereocenters. The van der Waals surface area contributed by atoms with E-state index in [2.05, 4.69) is 0 Å². The molecule has 0 aromatic heterocycles. The normalized spacial score (nSPS) is 23.8. The van der Waals surface area contributed by atoms with Gasteiger partial charge in [0.2, 0.25) is 0 Å². The molecule has 1 fully saturated rings. The van der Waals surface area contributed by atoms with E-state index in [0.717, 1.165) is 12.8 Å². The van der Waals surface area contributed by atoms with Gasteiger partial charge in [0.25, 0.3) is 0 Å². The van der Waals surface area contributed by atoms with Crippen LogP contribution in [-0.4, -0.2) is 24.3 Å². The van der Waals surface area contributed by atoms with E-state index in [-0.39, 0.29) is 5.92 Å². The highest BCUT2D eigenvalue weighted by Crippen LogP contribution is 2.37. The molecule has 0 amide bonds. The van der Waals surface area contributed by atoms with Crippen molar-refractivity contribution in [1.29, 1.82) is 0 Å². The number of hydrogen-bond acceptors (Lipinski definition) is 2. The molecular weight excluding hydrogens is 168 g/mol. The Balaban J connectivity index is 2.68. The zero-order valence-electron chi connectivity index (χ0n) is 8.38. The quantitative estimate of drug-likeness (QED) is 0.732. The second-order valence-corrected chi connectivity index (χ2v) is 3.96. The minimum Gasteiger partial charge on any atom is -0.481 e. The van der Waals surface area contributed by atoms with Gasteiger partial charge in [-0.25, -0.2) is 0 Å². The molecule has 0 aliphatic carbocycles. The van der Waals surface area contributed by atoms with Crippen LogP contribution in [-0.2, 0) is 9.53 Å². The predicted molar refractivity (Wildman–Crippen MR) is 49.6 cm³/mol. The highest BCUT2D eigenvalue weighted by atomic mass is 16.5. The van der Waals surface area contributed by atoms with Crippen LogP contribution in [0.3, 0.4) is 0 Å². The van der Waals surface area contributed by atoms with E-state index in [4.69, 9.17) is 9.84 Å². The number of carbonyl (C=O) groups is 1. The van der Waals surface area contributed by atoms with E-state index in [0.29, 0.717) is 19.6 Å². The average Bonchev–Trinajstić information content (AvgIpc) is 2.17. The van der Waals surface area contributed by atoms with Gasteiger partial charge in [0.1, 0.15) is 0 Å². The van der Waals surface area contributed by atoms with Crippen molar-refractivity contribution in [1.82, 2.24) is 0 Å². The lowest BCUT2D eigenvalue weighted by molar-refractivity contribution is -0.154. The maximum absolute atomic E-state index is 11.1. The molecule has 1 atom stereocenters. The number of carboxylic acids is 1. The molecule has 0 aromatic rings. The third-order valence-corrected chi connectivity index (χ3v) is 3.35. The van der Waals surface area contributed by atoms with Gasteiger partial charge in [-0.3, -0.25) is 4.79 Å². The first kappa shape index (κ1) is 10.5. The van der Waals surface area contributed by atoms with Gasteiger partial charge in [-0.1, -0.05) is 6.92 Å². The van der Waals surface area contributed by atoms with E-state index >= 15 is 0 Å². The molecule has 3 heteroatoms. The van der Waals surface area contributed by atoms with Crippen molar-refractivity contribution in [2.75, 3.05) is 13.2 Å². The summed E-state index contributed by atoms with van der Waals surface area (Å²) in [6, 6.07) is 0. The summed E-state index contributed by atoms with van der Waals surface area (Å²) in [6.45, 7) is 5.23. The second-order valence-electron chi connectivity index (χ2n) is 3.96. The van der Waals surface area contributed by atoms with Gasteiger partial charge in [-0.05, 0) is 32.1 Å². The third kappa shape index (κ3) is 2.02. The standard InChI is InChI=1S/C10H18O3/c1-3-10(2,9(11)12)8-4-6-13-7-5-8/h8H,3-7H2,1-2H3,(H,11,12). The van der Waals surface area contributed by atoms with Crippen molar-refractivity contribution in [3.05, 3.63) is 0 Å². The van der Waals surface area contributed by atoms with E-state index in [1.807, 2.05) is 13.8 Å². The first-order valence-corrected chi connectivity index (χ1v) is 4.92. The van der Waals surface area contributed by atoms with Crippen LogP contribution in [0.15, 0.2) is 0 Å². The van der Waals surface area contributed by atoms with Crippen molar-refractivity contribution in [3.8, 4) is 0 Å². The van der Waals surface area contributed by atoms with Crippen LogP contribution in [0.5, 0.6) is 0 Å². The minimum absolute atomic E-state index is 0.281. The Morgan fingerprint density at radius 3 is 2.46 bits per heavy atom. The minimum atomic E-state index is -0.665. The topological polar surface area (TPSA) is 46.5 Å². The summed E-state index contributed by atoms with van der Waals surface area (Å²) in [6.07, 6.45) is 2.47. The summed E-state index contributed by atoms with van der Waals surface area (Å²) in [5.74, 6) is -0.384. The van der Waals surface area contributed by atoms with Gasteiger partial charge < -0.3 is 9.84 Å². The van der Waals surface area contributed by atoms with Gasteiger partial charge >= 0.3 is 5.97 Å². The number of carboxylic acid groups (broad SMARTS) is 1. The van der Waals surface area contributed by atoms with Crippen molar-refractivity contribution in [3.63, 3.8) is 0 Å². The summed E-state index contributed by atoms with van der Waals surface area (Å²) in [7, 11) is 0. The van der Waals surface area contributed by atoms with Gasteiger partial charge in [0, 0.05) is 13.2 Å². The lowest BCUT2D eigenvalue weighted by Crippen LogP contribution is -2.38. The molecule has 1 saturated heterocycles. The van der Waals surface area contributed by atoms with E-state index in [9.17, 15) is 4.79 Å². The third-order valence-electron chi connectivity index (χ3n) is 3.35. The molecular formula is C10H18O3. The first-order chi connectivity index (χ1) is 6.11. The second kappa shape index (κ2) is 4.09. The lowest BCUT2D eigenvalue weighted by atomic mass is 9.71. The number of ether oxygens (including phenoxy) is 1.